The maximum Gasteiger partial charge on any atom is 0.166 e. The fourth-order valence-electron chi connectivity index (χ4n) is 1.74. The molecule has 0 radical (unpaired) electrons. The number of hydrogen-bond donors (Lipinski definition) is 0. The van der Waals surface area contributed by atoms with Gasteiger partial charge in [-0.15, -0.1) is 0 Å². The summed E-state index contributed by atoms with van der Waals surface area (Å²) in [5, 5.41) is 0. The van der Waals surface area contributed by atoms with Gasteiger partial charge in [-0.3, -0.25) is 0 Å². The van der Waals surface area contributed by atoms with Gasteiger partial charge in [-0.25, -0.2) is 4.39 Å². The van der Waals surface area contributed by atoms with Gasteiger partial charge in [0.25, 0.3) is 0 Å². The second-order valence-corrected chi connectivity index (χ2v) is 4.96. The van der Waals surface area contributed by atoms with Gasteiger partial charge in [-0.05, 0) is 36.4 Å². The van der Waals surface area contributed by atoms with E-state index >= 15 is 0 Å². The molecule has 0 fully saturated rings. The van der Waals surface area contributed by atoms with E-state index in [2.05, 4.69) is 15.9 Å². The Hall–Kier alpha value is -1.75. The lowest BCUT2D eigenvalue weighted by molar-refractivity contribution is 0.281. The van der Waals surface area contributed by atoms with Gasteiger partial charge < -0.3 is 14.2 Å². The highest BCUT2D eigenvalue weighted by molar-refractivity contribution is 9.10. The van der Waals surface area contributed by atoms with Gasteiger partial charge in [0.15, 0.2) is 11.6 Å². The Morgan fingerprint density at radius 2 is 1.75 bits per heavy atom. The molecule has 0 aliphatic rings. The molecule has 2 aromatic carbocycles. The third-order valence-corrected chi connectivity index (χ3v) is 3.26. The van der Waals surface area contributed by atoms with Crippen molar-refractivity contribution in [1.29, 1.82) is 0 Å². The summed E-state index contributed by atoms with van der Waals surface area (Å²) < 4.78 is 30.2. The van der Waals surface area contributed by atoms with Gasteiger partial charge in [-0.2, -0.15) is 0 Å². The molecule has 2 aromatic rings. The minimum Gasteiger partial charge on any atom is -0.497 e. The maximum absolute atomic E-state index is 13.7. The summed E-state index contributed by atoms with van der Waals surface area (Å²) in [7, 11) is 3.16. The molecule has 0 aliphatic carbocycles. The lowest BCUT2D eigenvalue weighted by atomic mass is 10.2. The van der Waals surface area contributed by atoms with Gasteiger partial charge in [0, 0.05) is 10.0 Å². The molecule has 0 saturated heterocycles. The molecule has 0 bridgehead atoms. The minimum atomic E-state index is -0.416. The molecule has 20 heavy (non-hydrogen) atoms. The average molecular weight is 341 g/mol. The van der Waals surface area contributed by atoms with Crippen LogP contribution in [-0.4, -0.2) is 14.2 Å². The molecule has 2 rings (SSSR count). The molecule has 0 amide bonds. The Balaban J connectivity index is 2.17. The van der Waals surface area contributed by atoms with Crippen LogP contribution in [0.3, 0.4) is 0 Å². The van der Waals surface area contributed by atoms with E-state index in [1.807, 2.05) is 0 Å². The number of benzene rings is 2. The second kappa shape index (κ2) is 6.61. The Bertz CT molecular complexity index is 602. The molecule has 0 aliphatic heterocycles. The third kappa shape index (κ3) is 3.42. The monoisotopic (exact) mass is 340 g/mol. The highest BCUT2D eigenvalue weighted by Gasteiger charge is 2.08. The van der Waals surface area contributed by atoms with E-state index < -0.39 is 5.82 Å². The number of rotatable bonds is 5. The zero-order valence-corrected chi connectivity index (χ0v) is 12.7. The smallest absolute Gasteiger partial charge is 0.166 e. The first-order valence-electron chi connectivity index (χ1n) is 5.93. The van der Waals surface area contributed by atoms with Crippen LogP contribution in [0.2, 0.25) is 0 Å². The van der Waals surface area contributed by atoms with Crippen molar-refractivity contribution < 1.29 is 18.6 Å². The summed E-state index contributed by atoms with van der Waals surface area (Å²) in [6.45, 7) is 0.193. The van der Waals surface area contributed by atoms with E-state index in [1.165, 1.54) is 6.07 Å². The summed E-state index contributed by atoms with van der Waals surface area (Å²) in [6, 6.07) is 10.0. The molecular weight excluding hydrogens is 327 g/mol. The van der Waals surface area contributed by atoms with Gasteiger partial charge in [0.2, 0.25) is 0 Å². The van der Waals surface area contributed by atoms with Crippen molar-refractivity contribution in [3.63, 3.8) is 0 Å². The summed E-state index contributed by atoms with van der Waals surface area (Å²) in [6.07, 6.45) is 0. The summed E-state index contributed by atoms with van der Waals surface area (Å²) in [4.78, 5) is 0. The van der Waals surface area contributed by atoms with Gasteiger partial charge >= 0.3 is 0 Å². The van der Waals surface area contributed by atoms with Crippen LogP contribution in [0.4, 0.5) is 4.39 Å². The van der Waals surface area contributed by atoms with Crippen molar-refractivity contribution in [3.05, 3.63) is 52.3 Å². The largest absolute Gasteiger partial charge is 0.497 e. The molecule has 0 saturated carbocycles. The summed E-state index contributed by atoms with van der Waals surface area (Å²) in [5.74, 6) is 1.14. The van der Waals surface area contributed by atoms with Crippen molar-refractivity contribution in [3.8, 4) is 17.2 Å². The van der Waals surface area contributed by atoms with Gasteiger partial charge in [-0.1, -0.05) is 15.9 Å². The number of halogens is 2. The highest BCUT2D eigenvalue weighted by Crippen LogP contribution is 2.27. The molecular formula is C15H14BrFO3. The van der Waals surface area contributed by atoms with Crippen LogP contribution in [0, 0.1) is 5.82 Å². The molecule has 0 spiro atoms. The number of hydrogen-bond acceptors (Lipinski definition) is 3. The molecule has 0 unspecified atom stereocenters. The standard InChI is InChI=1S/C15H14BrFO3/c1-18-12-4-6-14(19-2)10(7-12)9-20-15-5-3-11(16)8-13(15)17/h3-8H,9H2,1-2H3. The first-order chi connectivity index (χ1) is 9.63. The van der Waals surface area contributed by atoms with Crippen LogP contribution in [0.15, 0.2) is 40.9 Å². The molecule has 0 N–H and O–H groups in total. The van der Waals surface area contributed by atoms with Crippen LogP contribution in [0.1, 0.15) is 5.56 Å². The second-order valence-electron chi connectivity index (χ2n) is 4.04. The Labute approximate surface area is 125 Å². The maximum atomic E-state index is 13.7. The van der Waals surface area contributed by atoms with Gasteiger partial charge in [0.1, 0.15) is 18.1 Å². The third-order valence-electron chi connectivity index (χ3n) is 2.76. The van der Waals surface area contributed by atoms with E-state index in [-0.39, 0.29) is 12.4 Å². The zero-order valence-electron chi connectivity index (χ0n) is 11.2. The molecule has 0 heterocycles. The molecule has 5 heteroatoms. The van der Waals surface area contributed by atoms with E-state index in [4.69, 9.17) is 14.2 Å². The first kappa shape index (κ1) is 14.7. The van der Waals surface area contributed by atoms with Crippen LogP contribution in [0.25, 0.3) is 0 Å². The number of methoxy groups -OCH3 is 2. The van der Waals surface area contributed by atoms with Crippen LogP contribution < -0.4 is 14.2 Å². The van der Waals surface area contributed by atoms with Crippen molar-refractivity contribution in [2.24, 2.45) is 0 Å². The molecule has 0 aromatic heterocycles. The molecule has 106 valence electrons. The van der Waals surface area contributed by atoms with Crippen molar-refractivity contribution in [2.75, 3.05) is 14.2 Å². The normalized spacial score (nSPS) is 10.2. The zero-order chi connectivity index (χ0) is 14.5. The summed E-state index contributed by atoms with van der Waals surface area (Å²) >= 11 is 3.20. The lowest BCUT2D eigenvalue weighted by Crippen LogP contribution is -2.00. The average Bonchev–Trinajstić information content (AvgIpc) is 2.46. The highest BCUT2D eigenvalue weighted by atomic mass is 79.9. The topological polar surface area (TPSA) is 27.7 Å². The minimum absolute atomic E-state index is 0.193. The molecule has 0 atom stereocenters. The van der Waals surface area contributed by atoms with Crippen LogP contribution in [-0.2, 0) is 6.61 Å². The fraction of sp³-hybridized carbons (Fsp3) is 0.200. The Morgan fingerprint density at radius 3 is 2.40 bits per heavy atom. The Kier molecular flexibility index (Phi) is 4.84. The van der Waals surface area contributed by atoms with E-state index in [0.717, 1.165) is 5.56 Å². The fourth-order valence-corrected chi connectivity index (χ4v) is 2.08. The predicted molar refractivity (Wildman–Crippen MR) is 78.0 cm³/mol. The summed E-state index contributed by atoms with van der Waals surface area (Å²) in [5.41, 5.74) is 0.786. The lowest BCUT2D eigenvalue weighted by Gasteiger charge is -2.12. The quantitative estimate of drug-likeness (QED) is 0.816. The SMILES string of the molecule is COc1ccc(OC)c(COc2ccc(Br)cc2F)c1. The van der Waals surface area contributed by atoms with Crippen molar-refractivity contribution in [2.45, 2.75) is 6.61 Å². The number of ether oxygens (including phenoxy) is 3. The van der Waals surface area contributed by atoms with E-state index in [0.29, 0.717) is 16.0 Å². The van der Waals surface area contributed by atoms with Crippen molar-refractivity contribution >= 4 is 15.9 Å². The van der Waals surface area contributed by atoms with Crippen molar-refractivity contribution in [1.82, 2.24) is 0 Å². The van der Waals surface area contributed by atoms with E-state index in [9.17, 15) is 4.39 Å². The molecule has 3 nitrogen and oxygen atoms in total. The Morgan fingerprint density at radius 1 is 1.00 bits per heavy atom. The van der Waals surface area contributed by atoms with Gasteiger partial charge in [0.05, 0.1) is 14.2 Å². The van der Waals surface area contributed by atoms with Crippen LogP contribution in [0.5, 0.6) is 17.2 Å². The first-order valence-corrected chi connectivity index (χ1v) is 6.72. The van der Waals surface area contributed by atoms with E-state index in [1.54, 1.807) is 44.6 Å². The predicted octanol–water partition coefficient (Wildman–Crippen LogP) is 4.18. The van der Waals surface area contributed by atoms with Crippen LogP contribution >= 0.6 is 15.9 Å².